The summed E-state index contributed by atoms with van der Waals surface area (Å²) >= 11 is 0. The molecule has 2 unspecified atom stereocenters. The summed E-state index contributed by atoms with van der Waals surface area (Å²) < 4.78 is 28.0. The fourth-order valence-electron chi connectivity index (χ4n) is 5.38. The second-order valence-corrected chi connectivity index (χ2v) is 16.1. The molecule has 5 atom stereocenters. The summed E-state index contributed by atoms with van der Waals surface area (Å²) in [6, 6.07) is -4.26. The average Bonchev–Trinajstić information content (AvgIpc) is 3.43. The molecule has 15 heteroatoms. The van der Waals surface area contributed by atoms with Gasteiger partial charge >= 0.3 is 6.03 Å². The van der Waals surface area contributed by atoms with E-state index in [-0.39, 0.29) is 43.8 Å². The number of likely N-dealkylation sites (tertiary alicyclic amines) is 1. The number of rotatable bonds is 18. The van der Waals surface area contributed by atoms with Gasteiger partial charge in [0.25, 0.3) is 16.1 Å². The van der Waals surface area contributed by atoms with Crippen LogP contribution in [0.2, 0.25) is 0 Å². The smallest absolute Gasteiger partial charge is 0.315 e. The molecule has 1 saturated heterocycles. The van der Waals surface area contributed by atoms with E-state index in [1.54, 1.807) is 20.8 Å². The van der Waals surface area contributed by atoms with Gasteiger partial charge in [-0.1, -0.05) is 74.3 Å². The first kappa shape index (κ1) is 42.0. The molecule has 0 aliphatic carbocycles. The van der Waals surface area contributed by atoms with Crippen LogP contribution in [0.4, 0.5) is 4.79 Å². The van der Waals surface area contributed by atoms with Crippen molar-refractivity contribution in [3.05, 3.63) is 12.7 Å². The van der Waals surface area contributed by atoms with E-state index in [0.717, 1.165) is 10.7 Å². The lowest BCUT2D eigenvalue weighted by molar-refractivity contribution is -0.144. The number of amides is 5. The van der Waals surface area contributed by atoms with Crippen molar-refractivity contribution in [2.45, 2.75) is 105 Å². The van der Waals surface area contributed by atoms with Crippen molar-refractivity contribution in [3.63, 3.8) is 0 Å². The van der Waals surface area contributed by atoms with Crippen molar-refractivity contribution in [2.75, 3.05) is 33.7 Å². The minimum absolute atomic E-state index is 0.0197. The number of carbonyl (C=O) groups excluding carboxylic acids is 5. The molecule has 0 saturated carbocycles. The Bertz CT molecular complexity index is 1210. The van der Waals surface area contributed by atoms with E-state index < -0.39 is 69.3 Å². The molecule has 0 spiro atoms. The second kappa shape index (κ2) is 18.5. The molecular weight excluding hydrogens is 626 g/mol. The third-order valence-corrected chi connectivity index (χ3v) is 9.93. The van der Waals surface area contributed by atoms with Crippen LogP contribution in [0.3, 0.4) is 0 Å². The standard InChI is InChI=1S/C32H59N7O7S/c1-12-14-15-23(26(40)29(42)33-17-13-2)35-28(41)25-22(20(3)4)16-18-39(25)30(43)27(32(7,8)9)37-31(44)36-24(21(5)6)19-34-47(45,46)38(10)11/h13,20-25,27,34H,2,12,14-19H2,1,3-11H3,(H,33,42)(H,35,41)(H2,36,37,44)/t22?,23?,24-,25+,27-/m1/s1. The zero-order chi connectivity index (χ0) is 36.3. The van der Waals surface area contributed by atoms with Crippen LogP contribution in [0.15, 0.2) is 12.7 Å². The van der Waals surface area contributed by atoms with Crippen LogP contribution in [0, 0.1) is 23.2 Å². The van der Waals surface area contributed by atoms with Crippen LogP contribution >= 0.6 is 0 Å². The predicted molar refractivity (Wildman–Crippen MR) is 182 cm³/mol. The molecule has 1 heterocycles. The van der Waals surface area contributed by atoms with E-state index in [1.807, 2.05) is 34.6 Å². The summed E-state index contributed by atoms with van der Waals surface area (Å²) in [6.45, 7) is 18.8. The summed E-state index contributed by atoms with van der Waals surface area (Å²) in [4.78, 5) is 68.5. The van der Waals surface area contributed by atoms with Gasteiger partial charge in [0.15, 0.2) is 0 Å². The lowest BCUT2D eigenvalue weighted by atomic mass is 9.84. The Kier molecular flexibility index (Phi) is 16.5. The molecule has 0 aromatic carbocycles. The average molecular weight is 686 g/mol. The zero-order valence-corrected chi connectivity index (χ0v) is 30.8. The highest BCUT2D eigenvalue weighted by Crippen LogP contribution is 2.33. The van der Waals surface area contributed by atoms with Gasteiger partial charge < -0.3 is 26.2 Å². The molecule has 5 amide bonds. The highest BCUT2D eigenvalue weighted by molar-refractivity contribution is 7.87. The Morgan fingerprint density at radius 1 is 1.02 bits per heavy atom. The zero-order valence-electron chi connectivity index (χ0n) is 29.9. The largest absolute Gasteiger partial charge is 0.346 e. The number of nitrogens with one attached hydrogen (secondary N) is 5. The minimum Gasteiger partial charge on any atom is -0.346 e. The molecule has 0 aromatic rings. The van der Waals surface area contributed by atoms with Gasteiger partial charge in [-0.15, -0.1) is 6.58 Å². The van der Waals surface area contributed by atoms with Gasteiger partial charge in [-0.3, -0.25) is 19.2 Å². The minimum atomic E-state index is -3.72. The number of hydrogen-bond donors (Lipinski definition) is 5. The van der Waals surface area contributed by atoms with Gasteiger partial charge in [-0.25, -0.2) is 9.52 Å². The first-order valence-electron chi connectivity index (χ1n) is 16.5. The summed E-state index contributed by atoms with van der Waals surface area (Å²) in [5, 5.41) is 10.8. The molecular formula is C32H59N7O7S. The van der Waals surface area contributed by atoms with Crippen molar-refractivity contribution in [1.82, 2.24) is 35.2 Å². The Morgan fingerprint density at radius 3 is 2.13 bits per heavy atom. The Morgan fingerprint density at radius 2 is 1.64 bits per heavy atom. The quantitative estimate of drug-likeness (QED) is 0.107. The number of Topliss-reactive ketones (excluding diaryl/α,β-unsaturated/α-hetero) is 1. The van der Waals surface area contributed by atoms with E-state index >= 15 is 0 Å². The maximum absolute atomic E-state index is 14.2. The summed E-state index contributed by atoms with van der Waals surface area (Å²) in [7, 11) is -0.932. The third kappa shape index (κ3) is 12.5. The topological polar surface area (TPSA) is 186 Å². The molecule has 0 radical (unpaired) electrons. The van der Waals surface area contributed by atoms with Crippen LogP contribution in [0.25, 0.3) is 0 Å². The lowest BCUT2D eigenvalue weighted by Gasteiger charge is -2.37. The van der Waals surface area contributed by atoms with Gasteiger partial charge in [0.2, 0.25) is 17.6 Å². The second-order valence-electron chi connectivity index (χ2n) is 14.1. The van der Waals surface area contributed by atoms with Crippen molar-refractivity contribution < 1.29 is 32.4 Å². The van der Waals surface area contributed by atoms with Crippen molar-refractivity contribution >= 4 is 39.7 Å². The van der Waals surface area contributed by atoms with Crippen LogP contribution in [-0.4, -0.2) is 105 Å². The maximum atomic E-state index is 14.2. The normalized spacial score (nSPS) is 18.9. The van der Waals surface area contributed by atoms with Gasteiger partial charge in [0.1, 0.15) is 12.1 Å². The lowest BCUT2D eigenvalue weighted by Crippen LogP contribution is -2.62. The molecule has 0 bridgehead atoms. The van der Waals surface area contributed by atoms with Gasteiger partial charge in [0.05, 0.1) is 6.04 Å². The van der Waals surface area contributed by atoms with Crippen LogP contribution in [0.5, 0.6) is 0 Å². The highest BCUT2D eigenvalue weighted by Gasteiger charge is 2.47. The molecule has 1 aliphatic rings. The van der Waals surface area contributed by atoms with E-state index in [1.165, 1.54) is 25.1 Å². The van der Waals surface area contributed by atoms with E-state index in [2.05, 4.69) is 32.6 Å². The van der Waals surface area contributed by atoms with Gasteiger partial charge in [-0.05, 0) is 36.0 Å². The highest BCUT2D eigenvalue weighted by atomic mass is 32.2. The van der Waals surface area contributed by atoms with Crippen molar-refractivity contribution in [2.24, 2.45) is 23.2 Å². The van der Waals surface area contributed by atoms with Crippen LogP contribution in [0.1, 0.15) is 81.1 Å². The predicted octanol–water partition coefficient (Wildman–Crippen LogP) is 1.54. The summed E-state index contributed by atoms with van der Waals surface area (Å²) in [5.74, 6) is -2.90. The Labute approximate surface area is 281 Å². The summed E-state index contributed by atoms with van der Waals surface area (Å²) in [5.41, 5.74) is -0.770. The number of nitrogens with zero attached hydrogens (tertiary/aromatic N) is 2. The first-order valence-corrected chi connectivity index (χ1v) is 17.9. The molecule has 47 heavy (non-hydrogen) atoms. The molecule has 5 N–H and O–H groups in total. The molecule has 1 fully saturated rings. The molecule has 14 nitrogen and oxygen atoms in total. The van der Waals surface area contributed by atoms with Gasteiger partial charge in [-0.2, -0.15) is 12.7 Å². The van der Waals surface area contributed by atoms with Gasteiger partial charge in [0, 0.05) is 39.8 Å². The molecule has 270 valence electrons. The SMILES string of the molecule is C=CCNC(=O)C(=O)C(CCCC)NC(=O)[C@@H]1C(C(C)C)CCN1C(=O)[C@@H](NC(=O)N[C@H](CNS(=O)(=O)N(C)C)C(C)C)C(C)(C)C. The fourth-order valence-corrected chi connectivity index (χ4v) is 6.02. The van der Waals surface area contributed by atoms with Crippen LogP contribution < -0.4 is 26.0 Å². The third-order valence-electron chi connectivity index (χ3n) is 8.44. The van der Waals surface area contributed by atoms with E-state index in [9.17, 15) is 32.4 Å². The number of ketones is 1. The van der Waals surface area contributed by atoms with E-state index in [4.69, 9.17) is 0 Å². The number of hydrogen-bond acceptors (Lipinski definition) is 7. The number of urea groups is 1. The maximum Gasteiger partial charge on any atom is 0.315 e. The molecule has 0 aromatic heterocycles. The fraction of sp³-hybridized carbons (Fsp3) is 0.781. The Balaban J connectivity index is 3.29. The molecule has 1 aliphatic heterocycles. The first-order chi connectivity index (χ1) is 21.7. The van der Waals surface area contributed by atoms with E-state index in [0.29, 0.717) is 12.8 Å². The number of carbonyl (C=O) groups is 5. The monoisotopic (exact) mass is 685 g/mol. The van der Waals surface area contributed by atoms with Crippen LogP contribution in [-0.2, 0) is 29.4 Å². The number of unbranched alkanes of at least 4 members (excludes halogenated alkanes) is 1. The van der Waals surface area contributed by atoms with Crippen molar-refractivity contribution in [3.8, 4) is 0 Å². The Hall–Kier alpha value is -3.04. The molecule has 1 rings (SSSR count). The summed E-state index contributed by atoms with van der Waals surface area (Å²) in [6.07, 6.45) is 3.61. The van der Waals surface area contributed by atoms with Crippen molar-refractivity contribution in [1.29, 1.82) is 0 Å².